The first-order valence-electron chi connectivity index (χ1n) is 15.2. The summed E-state index contributed by atoms with van der Waals surface area (Å²) in [6.45, 7) is 15.9. The molecule has 2 aromatic carbocycles. The highest BCUT2D eigenvalue weighted by Gasteiger charge is 2.33. The summed E-state index contributed by atoms with van der Waals surface area (Å²) in [6, 6.07) is 18.2. The number of esters is 2. The van der Waals surface area contributed by atoms with Crippen molar-refractivity contribution in [1.29, 1.82) is 15.9 Å². The van der Waals surface area contributed by atoms with Crippen LogP contribution in [0.1, 0.15) is 102 Å². The SMILES string of the molecule is CCOC(=O)c1ccc(NC(CCC(C#N)(C#N)CCC(=N)N(c2ccc(C(=O)OCC)cc2)C(C)(C)C)=NC(C)(C)C)cc1. The van der Waals surface area contributed by atoms with E-state index in [9.17, 15) is 20.1 Å². The van der Waals surface area contributed by atoms with Gasteiger partial charge in [-0.15, -0.1) is 0 Å². The summed E-state index contributed by atoms with van der Waals surface area (Å²) in [4.78, 5) is 30.8. The van der Waals surface area contributed by atoms with Gasteiger partial charge in [-0.2, -0.15) is 10.5 Å². The summed E-state index contributed by atoms with van der Waals surface area (Å²) < 4.78 is 10.1. The average Bonchev–Trinajstić information content (AvgIpc) is 2.97. The molecule has 2 aromatic rings. The Bertz CT molecular complexity index is 1420. The molecule has 0 radical (unpaired) electrons. The van der Waals surface area contributed by atoms with E-state index in [1.165, 1.54) is 0 Å². The zero-order valence-corrected chi connectivity index (χ0v) is 27.8. The zero-order chi connectivity index (χ0) is 33.8. The van der Waals surface area contributed by atoms with Crippen LogP contribution in [-0.4, -0.2) is 47.9 Å². The number of aliphatic imine (C=N–C) groups is 1. The zero-order valence-electron chi connectivity index (χ0n) is 27.8. The molecule has 10 nitrogen and oxygen atoms in total. The predicted octanol–water partition coefficient (Wildman–Crippen LogP) is 7.53. The second kappa shape index (κ2) is 15.9. The van der Waals surface area contributed by atoms with Crippen molar-refractivity contribution in [1.82, 2.24) is 0 Å². The molecule has 0 fully saturated rings. The second-order valence-electron chi connectivity index (χ2n) is 12.7. The molecule has 240 valence electrons. The van der Waals surface area contributed by atoms with E-state index in [1.807, 2.05) is 46.4 Å². The van der Waals surface area contributed by atoms with E-state index in [1.54, 1.807) is 62.4 Å². The number of carbonyl (C=O) groups excluding carboxylic acids is 2. The molecule has 0 aromatic heterocycles. The minimum atomic E-state index is -1.35. The van der Waals surface area contributed by atoms with Gasteiger partial charge in [0.2, 0.25) is 0 Å². The van der Waals surface area contributed by atoms with Crippen molar-refractivity contribution in [2.45, 2.75) is 92.2 Å². The number of ether oxygens (including phenoxy) is 2. The second-order valence-corrected chi connectivity index (χ2v) is 12.7. The fourth-order valence-corrected chi connectivity index (χ4v) is 4.68. The molecule has 2 N–H and O–H groups in total. The van der Waals surface area contributed by atoms with E-state index in [-0.39, 0.29) is 31.7 Å². The maximum Gasteiger partial charge on any atom is 0.338 e. The Morgan fingerprint density at radius 3 is 1.71 bits per heavy atom. The monoisotopic (exact) mass is 614 g/mol. The summed E-state index contributed by atoms with van der Waals surface area (Å²) in [7, 11) is 0. The number of hydrogen-bond donors (Lipinski definition) is 2. The standard InChI is InChI=1S/C35H46N6O4/c1-9-44-31(42)25-11-15-27(16-12-25)39-30(40-33(3,4)5)20-22-35(23-36,24-37)21-19-29(38)41(34(6,7)8)28-17-13-26(14-18-28)32(43)45-10-2/h11-18,38H,9-10,19-22H2,1-8H3,(H,39,40). The van der Waals surface area contributed by atoms with Gasteiger partial charge in [-0.25, -0.2) is 9.59 Å². The average molecular weight is 615 g/mol. The van der Waals surface area contributed by atoms with Crippen molar-refractivity contribution < 1.29 is 19.1 Å². The van der Waals surface area contributed by atoms with Crippen molar-refractivity contribution in [2.24, 2.45) is 10.4 Å². The Hall–Kier alpha value is -4.70. The van der Waals surface area contributed by atoms with Gasteiger partial charge in [0, 0.05) is 29.8 Å². The van der Waals surface area contributed by atoms with Gasteiger partial charge >= 0.3 is 11.9 Å². The van der Waals surface area contributed by atoms with Crippen molar-refractivity contribution in [3.63, 3.8) is 0 Å². The summed E-state index contributed by atoms with van der Waals surface area (Å²) >= 11 is 0. The van der Waals surface area contributed by atoms with E-state index >= 15 is 0 Å². The summed E-state index contributed by atoms with van der Waals surface area (Å²) in [5, 5.41) is 32.6. The number of nitrogens with one attached hydrogen (secondary N) is 2. The van der Waals surface area contributed by atoms with Gasteiger partial charge in [0.15, 0.2) is 0 Å². The first-order valence-corrected chi connectivity index (χ1v) is 15.2. The lowest BCUT2D eigenvalue weighted by molar-refractivity contribution is 0.0517. The molecule has 2 rings (SSSR count). The predicted molar refractivity (Wildman–Crippen MR) is 178 cm³/mol. The van der Waals surface area contributed by atoms with Crippen LogP contribution in [0.15, 0.2) is 53.5 Å². The van der Waals surface area contributed by atoms with E-state index in [4.69, 9.17) is 19.9 Å². The van der Waals surface area contributed by atoms with Gasteiger partial charge in [-0.3, -0.25) is 10.4 Å². The van der Waals surface area contributed by atoms with Crippen molar-refractivity contribution in [3.05, 3.63) is 59.7 Å². The van der Waals surface area contributed by atoms with Crippen LogP contribution in [0.3, 0.4) is 0 Å². The Kier molecular flexibility index (Phi) is 12.9. The van der Waals surface area contributed by atoms with Crippen molar-refractivity contribution >= 4 is 35.0 Å². The Balaban J connectivity index is 2.22. The van der Waals surface area contributed by atoms with Crippen LogP contribution in [0.5, 0.6) is 0 Å². The number of rotatable bonds is 12. The topological polar surface area (TPSA) is 152 Å². The molecule has 45 heavy (non-hydrogen) atoms. The molecule has 10 heteroatoms. The van der Waals surface area contributed by atoms with Gasteiger partial charge in [0.1, 0.15) is 17.1 Å². The molecular weight excluding hydrogens is 568 g/mol. The van der Waals surface area contributed by atoms with Crippen LogP contribution < -0.4 is 10.2 Å². The molecule has 0 amide bonds. The maximum atomic E-state index is 12.1. The highest BCUT2D eigenvalue weighted by Crippen LogP contribution is 2.32. The molecule has 0 saturated heterocycles. The van der Waals surface area contributed by atoms with E-state index in [0.717, 1.165) is 5.69 Å². The Morgan fingerprint density at radius 2 is 1.29 bits per heavy atom. The molecule has 0 aliphatic heterocycles. The number of nitrogens with zero attached hydrogens (tertiary/aromatic N) is 4. The summed E-state index contributed by atoms with van der Waals surface area (Å²) in [5.74, 6) is 0.0514. The van der Waals surface area contributed by atoms with Crippen LogP contribution in [0, 0.1) is 33.5 Å². The Labute approximate surface area is 267 Å². The van der Waals surface area contributed by atoms with Gasteiger partial charge in [-0.1, -0.05) is 0 Å². The van der Waals surface area contributed by atoms with Gasteiger partial charge in [-0.05, 0) is 117 Å². The minimum absolute atomic E-state index is 0.156. The van der Waals surface area contributed by atoms with Crippen molar-refractivity contribution in [2.75, 3.05) is 23.4 Å². The highest BCUT2D eigenvalue weighted by atomic mass is 16.5. The number of hydrogen-bond acceptors (Lipinski definition) is 8. The highest BCUT2D eigenvalue weighted by molar-refractivity contribution is 5.98. The van der Waals surface area contributed by atoms with E-state index in [2.05, 4.69) is 17.5 Å². The van der Waals surface area contributed by atoms with E-state index in [0.29, 0.717) is 35.7 Å². The molecule has 0 spiro atoms. The summed E-state index contributed by atoms with van der Waals surface area (Å²) in [5.41, 5.74) is 0.0333. The van der Waals surface area contributed by atoms with Gasteiger partial charge < -0.3 is 19.7 Å². The third-order valence-electron chi connectivity index (χ3n) is 6.74. The fourth-order valence-electron chi connectivity index (χ4n) is 4.68. The normalized spacial score (nSPS) is 12.0. The van der Waals surface area contributed by atoms with Crippen LogP contribution in [-0.2, 0) is 9.47 Å². The number of nitriles is 2. The van der Waals surface area contributed by atoms with Gasteiger partial charge in [0.05, 0.1) is 42.0 Å². The number of carbonyl (C=O) groups is 2. The molecular formula is C35H46N6O4. The lowest BCUT2D eigenvalue weighted by atomic mass is 9.81. The van der Waals surface area contributed by atoms with Crippen molar-refractivity contribution in [3.8, 4) is 12.1 Å². The van der Waals surface area contributed by atoms with Crippen LogP contribution >= 0.6 is 0 Å². The summed E-state index contributed by atoms with van der Waals surface area (Å²) in [6.07, 6.45) is 0.874. The molecule has 0 aliphatic rings. The van der Waals surface area contributed by atoms with Crippen LogP contribution in [0.25, 0.3) is 0 Å². The smallest absolute Gasteiger partial charge is 0.338 e. The molecule has 0 aliphatic carbocycles. The molecule has 0 bridgehead atoms. The van der Waals surface area contributed by atoms with E-state index < -0.39 is 28.4 Å². The first kappa shape index (κ1) is 36.5. The van der Waals surface area contributed by atoms with Crippen LogP contribution in [0.4, 0.5) is 11.4 Å². The van der Waals surface area contributed by atoms with Crippen LogP contribution in [0.2, 0.25) is 0 Å². The quantitative estimate of drug-likeness (QED) is 0.141. The Morgan fingerprint density at radius 1 is 0.822 bits per heavy atom. The fraction of sp³-hybridized carbons (Fsp3) is 0.486. The lowest BCUT2D eigenvalue weighted by Crippen LogP contribution is -2.46. The van der Waals surface area contributed by atoms with Gasteiger partial charge in [0.25, 0.3) is 0 Å². The number of amidine groups is 2. The first-order chi connectivity index (χ1) is 21.1. The molecule has 0 heterocycles. The molecule has 0 saturated carbocycles. The largest absolute Gasteiger partial charge is 0.462 e. The lowest BCUT2D eigenvalue weighted by Gasteiger charge is -2.38. The molecule has 0 unspecified atom stereocenters. The minimum Gasteiger partial charge on any atom is -0.462 e. The third kappa shape index (κ3) is 11.1. The number of benzene rings is 2. The maximum absolute atomic E-state index is 12.1. The number of anilines is 2. The third-order valence-corrected chi connectivity index (χ3v) is 6.74. The molecule has 0 atom stereocenters.